The molecule has 59 valence electrons. The zero-order valence-electron chi connectivity index (χ0n) is 5.26. The highest BCUT2D eigenvalue weighted by Crippen LogP contribution is 2.18. The van der Waals surface area contributed by atoms with Crippen molar-refractivity contribution in [3.63, 3.8) is 0 Å². The van der Waals surface area contributed by atoms with Gasteiger partial charge in [0.1, 0.15) is 18.2 Å². The molecule has 11 heavy (non-hydrogen) atoms. The molecule has 0 aromatic carbocycles. The third-order valence-corrected chi connectivity index (χ3v) is 0.849. The van der Waals surface area contributed by atoms with Crippen molar-refractivity contribution in [2.24, 2.45) is 0 Å². The topological polar surface area (TPSA) is 38.7 Å². The lowest BCUT2D eigenvalue weighted by atomic mass is 10.3. The van der Waals surface area contributed by atoms with Crippen molar-refractivity contribution in [2.75, 3.05) is 0 Å². The summed E-state index contributed by atoms with van der Waals surface area (Å²) in [5.41, 5.74) is -0.292. The van der Waals surface area contributed by atoms with Crippen LogP contribution in [0, 0.1) is 6.20 Å². The van der Waals surface area contributed by atoms with Gasteiger partial charge in [-0.15, -0.1) is 5.10 Å². The number of aromatic nitrogens is 3. The lowest BCUT2D eigenvalue weighted by molar-refractivity contribution is -0.128. The van der Waals surface area contributed by atoms with Gasteiger partial charge in [0, 0.05) is 0 Å². The summed E-state index contributed by atoms with van der Waals surface area (Å²) in [7, 11) is 0. The fourth-order valence-electron chi connectivity index (χ4n) is 0.512. The van der Waals surface area contributed by atoms with Crippen molar-refractivity contribution in [3.8, 4) is 0 Å². The second-order valence-corrected chi connectivity index (χ2v) is 1.81. The first kappa shape index (κ1) is 7.90. The molecule has 6 heteroatoms. The predicted octanol–water partition coefficient (Wildman–Crippen LogP) is 0.777. The Morgan fingerprint density at radius 1 is 1.45 bits per heavy atom. The molecular weight excluding hydrogens is 159 g/mol. The van der Waals surface area contributed by atoms with Gasteiger partial charge < -0.3 is 0 Å². The van der Waals surface area contributed by atoms with E-state index in [1.807, 2.05) is 0 Å². The van der Waals surface area contributed by atoms with Gasteiger partial charge in [-0.05, 0) is 0 Å². The number of hydrogen-bond acceptors (Lipinski definition) is 3. The van der Waals surface area contributed by atoms with E-state index in [9.17, 15) is 13.2 Å². The maximum Gasteiger partial charge on any atom is 0.394 e. The Morgan fingerprint density at radius 3 is 2.64 bits per heavy atom. The van der Waals surface area contributed by atoms with E-state index in [0.717, 1.165) is 6.33 Å². The molecule has 3 nitrogen and oxygen atoms in total. The second-order valence-electron chi connectivity index (χ2n) is 1.81. The number of hydrogen-bond donors (Lipinski definition) is 0. The standard InChI is InChI=1S/C5H3F3N3/c6-5(7,8)1-4-2-9-3-10-11-4/h3H,1H2. The highest BCUT2D eigenvalue weighted by molar-refractivity contribution is 4.90. The van der Waals surface area contributed by atoms with Crippen LogP contribution >= 0.6 is 0 Å². The normalized spacial score (nSPS) is 11.5. The first-order valence-corrected chi connectivity index (χ1v) is 2.69. The molecule has 1 aromatic rings. The largest absolute Gasteiger partial charge is 0.394 e. The van der Waals surface area contributed by atoms with Crippen LogP contribution in [0.15, 0.2) is 6.33 Å². The number of halogens is 3. The summed E-state index contributed by atoms with van der Waals surface area (Å²) in [6.45, 7) is 0. The van der Waals surface area contributed by atoms with Gasteiger partial charge in [-0.25, -0.2) is 4.98 Å². The van der Waals surface area contributed by atoms with Crippen LogP contribution in [0.1, 0.15) is 5.69 Å². The summed E-state index contributed by atoms with van der Waals surface area (Å²) in [5, 5.41) is 6.35. The molecule has 0 fully saturated rings. The molecule has 1 rings (SSSR count). The Kier molecular flexibility index (Phi) is 2.02. The fourth-order valence-corrected chi connectivity index (χ4v) is 0.512. The van der Waals surface area contributed by atoms with E-state index in [0.29, 0.717) is 0 Å². The van der Waals surface area contributed by atoms with Crippen LogP contribution in [0.3, 0.4) is 0 Å². The molecule has 0 N–H and O–H groups in total. The van der Waals surface area contributed by atoms with Crippen LogP contribution in [-0.4, -0.2) is 21.4 Å². The van der Waals surface area contributed by atoms with Gasteiger partial charge in [0.2, 0.25) is 0 Å². The lowest BCUT2D eigenvalue weighted by Crippen LogP contribution is -2.13. The van der Waals surface area contributed by atoms with Gasteiger partial charge in [-0.2, -0.15) is 18.3 Å². The molecule has 0 saturated heterocycles. The molecule has 0 spiro atoms. The molecule has 0 amide bonds. The second kappa shape index (κ2) is 2.81. The molecule has 0 aliphatic heterocycles. The Bertz CT molecular complexity index is 220. The van der Waals surface area contributed by atoms with Crippen molar-refractivity contribution in [1.29, 1.82) is 0 Å². The smallest absolute Gasteiger partial charge is 0.231 e. The zero-order valence-corrected chi connectivity index (χ0v) is 5.26. The molecule has 1 radical (unpaired) electrons. The third-order valence-electron chi connectivity index (χ3n) is 0.849. The molecule has 0 aliphatic carbocycles. The van der Waals surface area contributed by atoms with E-state index in [2.05, 4.69) is 21.4 Å². The van der Waals surface area contributed by atoms with E-state index in [1.165, 1.54) is 0 Å². The minimum atomic E-state index is -4.27. The van der Waals surface area contributed by atoms with E-state index in [4.69, 9.17) is 0 Å². The predicted molar refractivity (Wildman–Crippen MR) is 28.4 cm³/mol. The van der Waals surface area contributed by atoms with E-state index >= 15 is 0 Å². The molecular formula is C5H3F3N3. The van der Waals surface area contributed by atoms with Crippen molar-refractivity contribution < 1.29 is 13.2 Å². The maximum absolute atomic E-state index is 11.6. The molecule has 0 aliphatic rings. The molecule has 1 aromatic heterocycles. The average Bonchev–Trinajstić information content (AvgIpc) is 1.85. The van der Waals surface area contributed by atoms with Crippen molar-refractivity contribution >= 4 is 0 Å². The first-order valence-electron chi connectivity index (χ1n) is 2.69. The van der Waals surface area contributed by atoms with Gasteiger partial charge in [0.05, 0.1) is 6.42 Å². The summed E-state index contributed by atoms with van der Waals surface area (Å²) in [5.74, 6) is 0. The highest BCUT2D eigenvalue weighted by atomic mass is 19.4. The zero-order chi connectivity index (χ0) is 8.32. The minimum absolute atomic E-state index is 0.292. The quantitative estimate of drug-likeness (QED) is 0.612. The van der Waals surface area contributed by atoms with Gasteiger partial charge in [0.15, 0.2) is 0 Å². The minimum Gasteiger partial charge on any atom is -0.231 e. The van der Waals surface area contributed by atoms with Gasteiger partial charge in [0.25, 0.3) is 0 Å². The van der Waals surface area contributed by atoms with Gasteiger partial charge in [-0.1, -0.05) is 0 Å². The Balaban J connectivity index is 2.66. The summed E-state index contributed by atoms with van der Waals surface area (Å²) >= 11 is 0. The van der Waals surface area contributed by atoms with Crippen molar-refractivity contribution in [3.05, 3.63) is 18.2 Å². The van der Waals surface area contributed by atoms with Crippen LogP contribution in [-0.2, 0) is 6.42 Å². The van der Waals surface area contributed by atoms with Crippen LogP contribution in [0.2, 0.25) is 0 Å². The molecule has 0 bridgehead atoms. The van der Waals surface area contributed by atoms with Crippen molar-refractivity contribution in [2.45, 2.75) is 12.6 Å². The Hall–Kier alpha value is -1.20. The molecule has 0 unspecified atom stereocenters. The summed E-state index contributed by atoms with van der Waals surface area (Å²) in [6, 6.07) is 0. The van der Waals surface area contributed by atoms with E-state index in [1.54, 1.807) is 0 Å². The van der Waals surface area contributed by atoms with Crippen molar-refractivity contribution in [1.82, 2.24) is 15.2 Å². The molecule has 0 saturated carbocycles. The summed E-state index contributed by atoms with van der Waals surface area (Å²) in [6.07, 6.45) is -2.29. The van der Waals surface area contributed by atoms with Crippen LogP contribution in [0.25, 0.3) is 0 Å². The number of rotatable bonds is 1. The van der Waals surface area contributed by atoms with E-state index in [-0.39, 0.29) is 5.69 Å². The van der Waals surface area contributed by atoms with Gasteiger partial charge in [-0.3, -0.25) is 0 Å². The first-order chi connectivity index (χ1) is 5.08. The lowest BCUT2D eigenvalue weighted by Gasteiger charge is -2.02. The summed E-state index contributed by atoms with van der Waals surface area (Å²) in [4.78, 5) is 3.27. The molecule has 1 heterocycles. The molecule has 0 atom stereocenters. The Labute approximate surface area is 60.3 Å². The van der Waals surface area contributed by atoms with Crippen LogP contribution < -0.4 is 0 Å². The summed E-state index contributed by atoms with van der Waals surface area (Å²) < 4.78 is 34.9. The van der Waals surface area contributed by atoms with Gasteiger partial charge >= 0.3 is 6.18 Å². The SMILES string of the molecule is FC(F)(F)Cc1[c]ncnn1. The number of alkyl halides is 3. The Morgan fingerprint density at radius 2 is 2.18 bits per heavy atom. The maximum atomic E-state index is 11.6. The van der Waals surface area contributed by atoms with Crippen LogP contribution in [0.5, 0.6) is 0 Å². The van der Waals surface area contributed by atoms with Crippen LogP contribution in [0.4, 0.5) is 13.2 Å². The van der Waals surface area contributed by atoms with E-state index < -0.39 is 12.6 Å². The highest BCUT2D eigenvalue weighted by Gasteiger charge is 2.28. The third kappa shape index (κ3) is 2.92. The average molecular weight is 162 g/mol. The monoisotopic (exact) mass is 162 g/mol. The fraction of sp³-hybridized carbons (Fsp3) is 0.400. The number of nitrogens with zero attached hydrogens (tertiary/aromatic N) is 3.